The lowest BCUT2D eigenvalue weighted by atomic mass is 10.0. The molecule has 0 fully saturated rings. The van der Waals surface area contributed by atoms with Crippen molar-refractivity contribution in [3.05, 3.63) is 77.4 Å². The zero-order valence-electron chi connectivity index (χ0n) is 16.6. The Morgan fingerprint density at radius 1 is 0.969 bits per heavy atom. The number of benzene rings is 3. The second-order valence-corrected chi connectivity index (χ2v) is 8.85. The summed E-state index contributed by atoms with van der Waals surface area (Å²) in [6.07, 6.45) is -4.83. The molecule has 0 aliphatic heterocycles. The van der Waals surface area contributed by atoms with Crippen molar-refractivity contribution in [3.63, 3.8) is 0 Å². The van der Waals surface area contributed by atoms with Gasteiger partial charge in [-0.15, -0.1) is 0 Å². The number of hydrogen-bond acceptors (Lipinski definition) is 6. The number of ether oxygens (including phenoxy) is 1. The van der Waals surface area contributed by atoms with Crippen LogP contribution in [0.5, 0.6) is 11.5 Å². The van der Waals surface area contributed by atoms with Gasteiger partial charge in [-0.05, 0) is 47.5 Å². The fourth-order valence-corrected chi connectivity index (χ4v) is 4.47. The Balaban J connectivity index is 2.07. The summed E-state index contributed by atoms with van der Waals surface area (Å²) in [6.45, 7) is 0. The lowest BCUT2D eigenvalue weighted by Crippen LogP contribution is -2.10. The van der Waals surface area contributed by atoms with Crippen LogP contribution in [0.15, 0.2) is 65.6 Å². The summed E-state index contributed by atoms with van der Waals surface area (Å²) >= 11 is 0. The van der Waals surface area contributed by atoms with E-state index in [2.05, 4.69) is 4.74 Å². The van der Waals surface area contributed by atoms with Gasteiger partial charge in [-0.1, -0.05) is 24.3 Å². The quantitative estimate of drug-likeness (QED) is 0.536. The van der Waals surface area contributed by atoms with E-state index in [1.54, 1.807) is 0 Å². The van der Waals surface area contributed by atoms with Crippen molar-refractivity contribution < 1.29 is 41.3 Å². The molecule has 3 aromatic carbocycles. The second-order valence-electron chi connectivity index (χ2n) is 6.86. The molecule has 0 aromatic heterocycles. The molecule has 0 aliphatic rings. The molecule has 6 nitrogen and oxygen atoms in total. The SMILES string of the molecule is COC(=O)c1ccc(CS(=O)(=O)c2cc(-c3ccccc3O)cc(C(F)(F)F)c2)cc1O. The van der Waals surface area contributed by atoms with E-state index in [0.717, 1.165) is 31.4 Å². The molecule has 0 aliphatic carbocycles. The first-order valence-corrected chi connectivity index (χ1v) is 10.7. The van der Waals surface area contributed by atoms with Gasteiger partial charge in [0.15, 0.2) is 9.84 Å². The molecule has 0 radical (unpaired) electrons. The third-order valence-electron chi connectivity index (χ3n) is 4.63. The van der Waals surface area contributed by atoms with E-state index in [1.807, 2.05) is 0 Å². The van der Waals surface area contributed by atoms with Gasteiger partial charge in [-0.3, -0.25) is 0 Å². The predicted molar refractivity (Wildman–Crippen MR) is 109 cm³/mol. The molecule has 3 rings (SSSR count). The number of carbonyl (C=O) groups is 1. The number of carbonyl (C=O) groups excluding carboxylic acids is 1. The number of sulfone groups is 1. The third kappa shape index (κ3) is 4.86. The lowest BCUT2D eigenvalue weighted by molar-refractivity contribution is -0.137. The van der Waals surface area contributed by atoms with Crippen molar-refractivity contribution in [1.82, 2.24) is 0 Å². The number of alkyl halides is 3. The van der Waals surface area contributed by atoms with Crippen molar-refractivity contribution in [2.75, 3.05) is 7.11 Å². The molecule has 2 N–H and O–H groups in total. The van der Waals surface area contributed by atoms with E-state index in [0.29, 0.717) is 6.07 Å². The summed E-state index contributed by atoms with van der Waals surface area (Å²) in [7, 11) is -3.20. The highest BCUT2D eigenvalue weighted by molar-refractivity contribution is 7.90. The molecule has 0 bridgehead atoms. The Kier molecular flexibility index (Phi) is 6.18. The minimum absolute atomic E-state index is 0.0372. The van der Waals surface area contributed by atoms with Gasteiger partial charge in [0.1, 0.15) is 17.1 Å². The molecule has 0 saturated heterocycles. The summed E-state index contributed by atoms with van der Waals surface area (Å²) in [4.78, 5) is 10.9. The second kappa shape index (κ2) is 8.54. The summed E-state index contributed by atoms with van der Waals surface area (Å²) < 4.78 is 70.7. The molecular formula is C22H17F3O6S. The van der Waals surface area contributed by atoms with Crippen molar-refractivity contribution in [3.8, 4) is 22.6 Å². The molecule has 0 saturated carbocycles. The summed E-state index contributed by atoms with van der Waals surface area (Å²) in [5.41, 5.74) is -1.41. The Hall–Kier alpha value is -3.53. The van der Waals surface area contributed by atoms with Crippen molar-refractivity contribution in [1.29, 1.82) is 0 Å². The molecule has 0 atom stereocenters. The first kappa shape index (κ1) is 23.1. The van der Waals surface area contributed by atoms with Crippen LogP contribution in [0.4, 0.5) is 13.2 Å². The molecular weight excluding hydrogens is 449 g/mol. The van der Waals surface area contributed by atoms with E-state index >= 15 is 0 Å². The summed E-state index contributed by atoms with van der Waals surface area (Å²) in [6, 6.07) is 11.4. The third-order valence-corrected chi connectivity index (χ3v) is 6.30. The molecule has 0 amide bonds. The Morgan fingerprint density at radius 3 is 2.25 bits per heavy atom. The Morgan fingerprint density at radius 2 is 1.66 bits per heavy atom. The first-order chi connectivity index (χ1) is 14.9. The van der Waals surface area contributed by atoms with E-state index in [-0.39, 0.29) is 28.0 Å². The van der Waals surface area contributed by atoms with Gasteiger partial charge in [0.2, 0.25) is 0 Å². The minimum atomic E-state index is -4.83. The topological polar surface area (TPSA) is 101 Å². The number of rotatable bonds is 5. The van der Waals surface area contributed by atoms with Crippen molar-refractivity contribution in [2.45, 2.75) is 16.8 Å². The maximum Gasteiger partial charge on any atom is 0.416 e. The van der Waals surface area contributed by atoms with Gasteiger partial charge < -0.3 is 14.9 Å². The van der Waals surface area contributed by atoms with Crippen LogP contribution < -0.4 is 0 Å². The van der Waals surface area contributed by atoms with E-state index in [1.165, 1.54) is 30.3 Å². The standard InChI is InChI=1S/C22H17F3O6S/c1-31-21(28)18-7-6-13(8-20(18)27)12-32(29,30)16-10-14(9-15(11-16)22(23,24)25)17-4-2-3-5-19(17)26/h2-11,26-27H,12H2,1H3. The molecule has 168 valence electrons. The summed E-state index contributed by atoms with van der Waals surface area (Å²) in [5.74, 6) is -2.40. The maximum absolute atomic E-state index is 13.5. The van der Waals surface area contributed by atoms with Gasteiger partial charge in [-0.2, -0.15) is 13.2 Å². The predicted octanol–water partition coefficient (Wildman–Crippen LogP) is 4.54. The number of halogens is 3. The number of phenolic OH excluding ortho intramolecular Hbond substituents is 2. The monoisotopic (exact) mass is 466 g/mol. The minimum Gasteiger partial charge on any atom is -0.507 e. The van der Waals surface area contributed by atoms with Gasteiger partial charge in [-0.25, -0.2) is 13.2 Å². The van der Waals surface area contributed by atoms with Gasteiger partial charge in [0.05, 0.1) is 23.3 Å². The van der Waals surface area contributed by atoms with Crippen LogP contribution in [0.3, 0.4) is 0 Å². The fraction of sp³-hybridized carbons (Fsp3) is 0.136. The highest BCUT2D eigenvalue weighted by Gasteiger charge is 2.33. The van der Waals surface area contributed by atoms with Crippen LogP contribution in [0.2, 0.25) is 0 Å². The lowest BCUT2D eigenvalue weighted by Gasteiger charge is -2.14. The van der Waals surface area contributed by atoms with Crippen molar-refractivity contribution >= 4 is 15.8 Å². The Labute approximate surface area is 181 Å². The molecule has 3 aromatic rings. The number of para-hydroxylation sites is 1. The van der Waals surface area contributed by atoms with Crippen LogP contribution in [0.25, 0.3) is 11.1 Å². The zero-order chi connectivity index (χ0) is 23.7. The van der Waals surface area contributed by atoms with Gasteiger partial charge >= 0.3 is 12.1 Å². The number of esters is 1. The van der Waals surface area contributed by atoms with Crippen LogP contribution in [-0.4, -0.2) is 31.7 Å². The normalized spacial score (nSPS) is 11.9. The molecule has 0 unspecified atom stereocenters. The van der Waals surface area contributed by atoms with Crippen LogP contribution in [0, 0.1) is 0 Å². The molecule has 0 heterocycles. The molecule has 10 heteroatoms. The Bertz CT molecular complexity index is 1280. The smallest absolute Gasteiger partial charge is 0.416 e. The highest BCUT2D eigenvalue weighted by atomic mass is 32.2. The maximum atomic E-state index is 13.5. The van der Waals surface area contributed by atoms with Crippen molar-refractivity contribution in [2.24, 2.45) is 0 Å². The van der Waals surface area contributed by atoms with Crippen LogP contribution >= 0.6 is 0 Å². The van der Waals surface area contributed by atoms with E-state index < -0.39 is 43.9 Å². The highest BCUT2D eigenvalue weighted by Crippen LogP contribution is 2.37. The average Bonchev–Trinajstić information content (AvgIpc) is 2.72. The first-order valence-electron chi connectivity index (χ1n) is 9.06. The number of aromatic hydroxyl groups is 2. The van der Waals surface area contributed by atoms with Crippen LogP contribution in [-0.2, 0) is 26.5 Å². The van der Waals surface area contributed by atoms with Crippen LogP contribution in [0.1, 0.15) is 21.5 Å². The number of hydrogen-bond donors (Lipinski definition) is 2. The van der Waals surface area contributed by atoms with E-state index in [4.69, 9.17) is 0 Å². The largest absolute Gasteiger partial charge is 0.507 e. The van der Waals surface area contributed by atoms with Gasteiger partial charge in [0.25, 0.3) is 0 Å². The fourth-order valence-electron chi connectivity index (χ4n) is 3.07. The van der Waals surface area contributed by atoms with E-state index in [9.17, 15) is 36.6 Å². The molecule has 0 spiro atoms. The summed E-state index contributed by atoms with van der Waals surface area (Å²) in [5, 5.41) is 20.0. The number of phenols is 2. The number of methoxy groups -OCH3 is 1. The zero-order valence-corrected chi connectivity index (χ0v) is 17.4. The average molecular weight is 466 g/mol. The molecule has 32 heavy (non-hydrogen) atoms. The van der Waals surface area contributed by atoms with Gasteiger partial charge in [0, 0.05) is 5.56 Å².